The van der Waals surface area contributed by atoms with Crippen molar-refractivity contribution < 1.29 is 4.79 Å². The van der Waals surface area contributed by atoms with Crippen LogP contribution in [0.4, 0.5) is 5.69 Å². The topological polar surface area (TPSA) is 112 Å². The van der Waals surface area contributed by atoms with Crippen LogP contribution in [-0.4, -0.2) is 25.5 Å². The Bertz CT molecular complexity index is 1380. The third kappa shape index (κ3) is 3.53. The number of aromatic nitrogens is 4. The van der Waals surface area contributed by atoms with Gasteiger partial charge in [0.25, 0.3) is 17.0 Å². The quantitative estimate of drug-likeness (QED) is 0.468. The van der Waals surface area contributed by atoms with Crippen molar-refractivity contribution in [3.05, 3.63) is 85.1 Å². The standard InChI is InChI=1S/C21H18ClN5O3/c1-3-16-11(2)8-14(20(29)26-16)17-9-18(28)27-19(25-17)15(10-23-27)21(30)24-13-6-4-12(22)5-7-13/h4-10,23H,3H2,1-2H3,(H,24,30)(H,26,29). The van der Waals surface area contributed by atoms with E-state index in [-0.39, 0.29) is 28.0 Å². The molecule has 8 nitrogen and oxygen atoms in total. The molecule has 0 spiro atoms. The van der Waals surface area contributed by atoms with E-state index in [1.807, 2.05) is 13.8 Å². The number of aryl methyl sites for hydroxylation is 2. The number of amides is 1. The van der Waals surface area contributed by atoms with Crippen molar-refractivity contribution in [2.24, 2.45) is 0 Å². The summed E-state index contributed by atoms with van der Waals surface area (Å²) in [7, 11) is 0. The first-order valence-electron chi connectivity index (χ1n) is 9.28. The van der Waals surface area contributed by atoms with Crippen LogP contribution in [-0.2, 0) is 6.42 Å². The average molecular weight is 424 g/mol. The molecule has 9 heteroatoms. The summed E-state index contributed by atoms with van der Waals surface area (Å²) < 4.78 is 1.15. The molecule has 30 heavy (non-hydrogen) atoms. The van der Waals surface area contributed by atoms with E-state index in [0.717, 1.165) is 15.8 Å². The number of anilines is 1. The maximum absolute atomic E-state index is 12.8. The zero-order valence-electron chi connectivity index (χ0n) is 16.2. The summed E-state index contributed by atoms with van der Waals surface area (Å²) in [4.78, 5) is 45.1. The molecule has 0 bridgehead atoms. The Morgan fingerprint density at radius 3 is 2.63 bits per heavy atom. The first-order valence-corrected chi connectivity index (χ1v) is 9.66. The van der Waals surface area contributed by atoms with Gasteiger partial charge in [0.15, 0.2) is 5.65 Å². The van der Waals surface area contributed by atoms with Gasteiger partial charge in [-0.05, 0) is 49.2 Å². The van der Waals surface area contributed by atoms with E-state index in [1.54, 1.807) is 30.3 Å². The maximum Gasteiger partial charge on any atom is 0.273 e. The van der Waals surface area contributed by atoms with E-state index >= 15 is 0 Å². The van der Waals surface area contributed by atoms with E-state index < -0.39 is 11.5 Å². The van der Waals surface area contributed by atoms with Crippen LogP contribution in [0, 0.1) is 6.92 Å². The van der Waals surface area contributed by atoms with Crippen LogP contribution >= 0.6 is 11.6 Å². The highest BCUT2D eigenvalue weighted by Gasteiger charge is 2.18. The van der Waals surface area contributed by atoms with Gasteiger partial charge < -0.3 is 10.3 Å². The molecular formula is C21H18ClN5O3. The van der Waals surface area contributed by atoms with E-state index in [2.05, 4.69) is 20.4 Å². The monoisotopic (exact) mass is 423 g/mol. The SMILES string of the molecule is CCc1[nH]c(=O)c(-c2cc(=O)n3[nH]cc(C(=O)Nc4ccc(Cl)cc4)c3n2)cc1C. The number of nitrogens with zero attached hydrogens (tertiary/aromatic N) is 2. The first-order chi connectivity index (χ1) is 14.4. The number of nitrogens with one attached hydrogen (secondary N) is 3. The molecule has 0 atom stereocenters. The predicted octanol–water partition coefficient (Wildman–Crippen LogP) is 3.15. The molecule has 0 saturated heterocycles. The maximum atomic E-state index is 12.8. The predicted molar refractivity (Wildman–Crippen MR) is 115 cm³/mol. The van der Waals surface area contributed by atoms with Crippen molar-refractivity contribution in [3.8, 4) is 11.3 Å². The highest BCUT2D eigenvalue weighted by molar-refractivity contribution is 6.30. The van der Waals surface area contributed by atoms with Crippen LogP contribution in [0.15, 0.2) is 52.2 Å². The summed E-state index contributed by atoms with van der Waals surface area (Å²) >= 11 is 5.87. The highest BCUT2D eigenvalue weighted by atomic mass is 35.5. The minimum atomic E-state index is -0.452. The second kappa shape index (κ2) is 7.64. The van der Waals surface area contributed by atoms with Crippen molar-refractivity contribution in [1.29, 1.82) is 0 Å². The Kier molecular flexibility index (Phi) is 5.01. The van der Waals surface area contributed by atoms with Crippen LogP contribution in [0.2, 0.25) is 5.02 Å². The Morgan fingerprint density at radius 1 is 1.20 bits per heavy atom. The fraction of sp³-hybridized carbons (Fsp3) is 0.143. The number of aromatic amines is 2. The second-order valence-electron chi connectivity index (χ2n) is 6.81. The minimum Gasteiger partial charge on any atom is -0.325 e. The molecule has 4 aromatic rings. The number of halogens is 1. The normalized spacial score (nSPS) is 11.0. The van der Waals surface area contributed by atoms with Crippen molar-refractivity contribution in [2.45, 2.75) is 20.3 Å². The fourth-order valence-corrected chi connectivity index (χ4v) is 3.37. The average Bonchev–Trinajstić information content (AvgIpc) is 3.16. The number of carbonyl (C=O) groups excluding carboxylic acids is 1. The number of carbonyl (C=O) groups is 1. The molecule has 0 fully saturated rings. The Hall–Kier alpha value is -3.65. The fourth-order valence-electron chi connectivity index (χ4n) is 3.25. The van der Waals surface area contributed by atoms with Gasteiger partial charge in [-0.15, -0.1) is 0 Å². The Balaban J connectivity index is 1.79. The summed E-state index contributed by atoms with van der Waals surface area (Å²) in [6.45, 7) is 3.82. The molecule has 3 aromatic heterocycles. The summed E-state index contributed by atoms with van der Waals surface area (Å²) in [5.41, 5.74) is 2.26. The largest absolute Gasteiger partial charge is 0.325 e. The van der Waals surface area contributed by atoms with Crippen molar-refractivity contribution in [2.75, 3.05) is 5.32 Å². The number of H-pyrrole nitrogens is 2. The number of fused-ring (bicyclic) bond motifs is 1. The molecule has 0 radical (unpaired) electrons. The third-order valence-electron chi connectivity index (χ3n) is 4.82. The van der Waals surface area contributed by atoms with Crippen LogP contribution < -0.4 is 16.4 Å². The summed E-state index contributed by atoms with van der Waals surface area (Å²) in [5, 5.41) is 6.01. The number of rotatable bonds is 4. The second-order valence-corrected chi connectivity index (χ2v) is 7.25. The smallest absolute Gasteiger partial charge is 0.273 e. The molecule has 0 unspecified atom stereocenters. The van der Waals surface area contributed by atoms with Gasteiger partial charge in [-0.1, -0.05) is 18.5 Å². The molecule has 0 saturated carbocycles. The van der Waals surface area contributed by atoms with Crippen LogP contribution in [0.1, 0.15) is 28.5 Å². The van der Waals surface area contributed by atoms with Gasteiger partial charge in [-0.25, -0.2) is 9.50 Å². The van der Waals surface area contributed by atoms with Crippen LogP contribution in [0.25, 0.3) is 16.9 Å². The highest BCUT2D eigenvalue weighted by Crippen LogP contribution is 2.18. The summed E-state index contributed by atoms with van der Waals surface area (Å²) in [6, 6.07) is 9.61. The van der Waals surface area contributed by atoms with Crippen LogP contribution in [0.5, 0.6) is 0 Å². The molecule has 3 N–H and O–H groups in total. The van der Waals surface area contributed by atoms with E-state index in [9.17, 15) is 14.4 Å². The molecule has 1 aromatic carbocycles. The van der Waals surface area contributed by atoms with Gasteiger partial charge in [0.2, 0.25) is 0 Å². The zero-order valence-corrected chi connectivity index (χ0v) is 17.0. The van der Waals surface area contributed by atoms with Gasteiger partial charge in [-0.3, -0.25) is 19.5 Å². The van der Waals surface area contributed by atoms with Gasteiger partial charge in [-0.2, -0.15) is 0 Å². The lowest BCUT2D eigenvalue weighted by Gasteiger charge is -2.07. The molecule has 4 rings (SSSR count). The Morgan fingerprint density at radius 2 is 1.93 bits per heavy atom. The molecular weight excluding hydrogens is 406 g/mol. The lowest BCUT2D eigenvalue weighted by molar-refractivity contribution is 0.102. The molecule has 0 aliphatic rings. The summed E-state index contributed by atoms with van der Waals surface area (Å²) in [5.74, 6) is -0.452. The van der Waals surface area contributed by atoms with Gasteiger partial charge in [0, 0.05) is 28.7 Å². The van der Waals surface area contributed by atoms with Crippen molar-refractivity contribution >= 4 is 28.8 Å². The van der Waals surface area contributed by atoms with Crippen molar-refractivity contribution in [3.63, 3.8) is 0 Å². The van der Waals surface area contributed by atoms with Gasteiger partial charge in [0.05, 0.1) is 11.3 Å². The number of hydrogen-bond donors (Lipinski definition) is 3. The van der Waals surface area contributed by atoms with Crippen molar-refractivity contribution in [1.82, 2.24) is 19.6 Å². The van der Waals surface area contributed by atoms with Gasteiger partial charge in [0.1, 0.15) is 5.56 Å². The molecule has 1 amide bonds. The van der Waals surface area contributed by atoms with E-state index in [4.69, 9.17) is 11.6 Å². The molecule has 152 valence electrons. The lowest BCUT2D eigenvalue weighted by Crippen LogP contribution is -2.19. The number of pyridine rings is 1. The third-order valence-corrected chi connectivity index (χ3v) is 5.07. The summed E-state index contributed by atoms with van der Waals surface area (Å²) in [6.07, 6.45) is 2.08. The van der Waals surface area contributed by atoms with Crippen LogP contribution in [0.3, 0.4) is 0 Å². The van der Waals surface area contributed by atoms with E-state index in [0.29, 0.717) is 17.1 Å². The molecule has 0 aliphatic heterocycles. The zero-order chi connectivity index (χ0) is 21.4. The first kappa shape index (κ1) is 19.7. The number of hydrogen-bond acceptors (Lipinski definition) is 4. The van der Waals surface area contributed by atoms with E-state index in [1.165, 1.54) is 12.3 Å². The molecule has 3 heterocycles. The Labute approximate surface area is 175 Å². The lowest BCUT2D eigenvalue weighted by atomic mass is 10.1. The van der Waals surface area contributed by atoms with Gasteiger partial charge >= 0.3 is 0 Å². The minimum absolute atomic E-state index is 0.126. The number of benzene rings is 1. The molecule has 0 aliphatic carbocycles.